The molecule has 0 unspecified atom stereocenters. The van der Waals surface area contributed by atoms with E-state index in [1.54, 1.807) is 0 Å². The largest absolute Gasteiger partial charge is 0.0683 e. The highest BCUT2D eigenvalue weighted by molar-refractivity contribution is 4.24. The first kappa shape index (κ1) is 36.1. The Bertz CT molecular complexity index is 21.0. The predicted molar refractivity (Wildman–Crippen MR) is 95.8 cm³/mol. The lowest BCUT2D eigenvalue weighted by atomic mass is 10.3. The van der Waals surface area contributed by atoms with E-state index >= 15 is 0 Å². The second kappa shape index (κ2) is 121. The summed E-state index contributed by atoms with van der Waals surface area (Å²) < 4.78 is 0. The molecule has 0 saturated heterocycles. The van der Waals surface area contributed by atoms with E-state index in [1.165, 1.54) is 38.5 Å². The van der Waals surface area contributed by atoms with Crippen molar-refractivity contribution in [3.63, 3.8) is 0 Å². The van der Waals surface area contributed by atoms with E-state index in [9.17, 15) is 0 Å². The number of unbranched alkanes of at least 4 members (excludes halogenated alkanes) is 4. The van der Waals surface area contributed by atoms with Crippen LogP contribution in [0.15, 0.2) is 0 Å². The molecular weight excluding hydrogens is 216 g/mol. The predicted octanol–water partition coefficient (Wildman–Crippen LogP) is 8.50. The second-order valence-corrected chi connectivity index (χ2v) is 2.71. The monoisotopic (exact) mass is 264 g/mol. The van der Waals surface area contributed by atoms with Gasteiger partial charge in [-0.25, -0.2) is 0 Å². The molecule has 0 aromatic heterocycles. The van der Waals surface area contributed by atoms with Gasteiger partial charge in [0.1, 0.15) is 0 Å². The summed E-state index contributed by atoms with van der Waals surface area (Å²) in [6, 6.07) is 0. The van der Waals surface area contributed by atoms with Crippen molar-refractivity contribution < 1.29 is 0 Å². The van der Waals surface area contributed by atoms with Crippen molar-refractivity contribution in [3.8, 4) is 0 Å². The fourth-order valence-corrected chi connectivity index (χ4v) is 0.707. The molecule has 0 aromatic carbocycles. The minimum atomic E-state index is 1.34. The van der Waals surface area contributed by atoms with Gasteiger partial charge in [0.25, 0.3) is 0 Å². The van der Waals surface area contributed by atoms with Crippen LogP contribution in [-0.4, -0.2) is 0 Å². The SMILES string of the molecule is CC.CC.CC.CC.CCCCC.CCCCC. The molecular formula is C18H48. The van der Waals surface area contributed by atoms with Crippen molar-refractivity contribution in [1.82, 2.24) is 0 Å². The molecule has 0 radical (unpaired) electrons. The molecule has 120 valence electrons. The maximum absolute atomic E-state index is 2.21. The molecule has 0 saturated carbocycles. The molecule has 0 aliphatic rings. The van der Waals surface area contributed by atoms with Crippen LogP contribution in [0.5, 0.6) is 0 Å². The van der Waals surface area contributed by atoms with Crippen molar-refractivity contribution in [2.75, 3.05) is 0 Å². The molecule has 0 aliphatic heterocycles. The van der Waals surface area contributed by atoms with Crippen LogP contribution in [0, 0.1) is 0 Å². The molecule has 0 heterocycles. The van der Waals surface area contributed by atoms with Crippen LogP contribution in [0.4, 0.5) is 0 Å². The van der Waals surface area contributed by atoms with E-state index in [0.29, 0.717) is 0 Å². The van der Waals surface area contributed by atoms with Crippen LogP contribution in [0.25, 0.3) is 0 Å². The number of rotatable bonds is 4. The Balaban J connectivity index is -0.0000000260. The topological polar surface area (TPSA) is 0 Å². The lowest BCUT2D eigenvalue weighted by molar-refractivity contribution is 0.772. The van der Waals surface area contributed by atoms with Gasteiger partial charge in [-0.15, -0.1) is 0 Å². The van der Waals surface area contributed by atoms with Crippen molar-refractivity contribution in [2.45, 2.75) is 122 Å². The highest BCUT2D eigenvalue weighted by atomic mass is 13.7. The summed E-state index contributed by atoms with van der Waals surface area (Å²) in [4.78, 5) is 0. The molecule has 0 N–H and O–H groups in total. The third-order valence-electron chi connectivity index (χ3n) is 1.41. The number of hydrogen-bond acceptors (Lipinski definition) is 0. The highest BCUT2D eigenvalue weighted by Gasteiger charge is 1.68. The zero-order valence-corrected chi connectivity index (χ0v) is 16.2. The molecule has 0 aromatic rings. The molecule has 0 heteroatoms. The molecule has 0 fully saturated rings. The highest BCUT2D eigenvalue weighted by Crippen LogP contribution is 1.88. The normalized spacial score (nSPS) is 6.00. The number of hydrogen-bond donors (Lipinski definition) is 0. The van der Waals surface area contributed by atoms with E-state index in [1.807, 2.05) is 55.4 Å². The van der Waals surface area contributed by atoms with Crippen molar-refractivity contribution in [2.24, 2.45) is 0 Å². The summed E-state index contributed by atoms with van der Waals surface area (Å²) in [6.07, 6.45) is 8.15. The molecule has 18 heavy (non-hydrogen) atoms. The lowest BCUT2D eigenvalue weighted by Gasteiger charge is -1.79. The van der Waals surface area contributed by atoms with Crippen molar-refractivity contribution in [1.29, 1.82) is 0 Å². The van der Waals surface area contributed by atoms with Crippen LogP contribution in [0.3, 0.4) is 0 Å². The summed E-state index contributed by atoms with van der Waals surface area (Å²) in [7, 11) is 0. The molecule has 0 rings (SSSR count). The van der Waals surface area contributed by atoms with E-state index < -0.39 is 0 Å². The van der Waals surface area contributed by atoms with Crippen LogP contribution >= 0.6 is 0 Å². The van der Waals surface area contributed by atoms with Gasteiger partial charge in [0.15, 0.2) is 0 Å². The van der Waals surface area contributed by atoms with Gasteiger partial charge in [-0.05, 0) is 0 Å². The van der Waals surface area contributed by atoms with Crippen LogP contribution in [-0.2, 0) is 0 Å². The summed E-state index contributed by atoms with van der Waals surface area (Å²) >= 11 is 0. The second-order valence-electron chi connectivity index (χ2n) is 2.71. The Morgan fingerprint density at radius 3 is 0.444 bits per heavy atom. The maximum Gasteiger partial charge on any atom is -0.0538 e. The zero-order valence-electron chi connectivity index (χ0n) is 16.2. The summed E-state index contributed by atoms with van der Waals surface area (Å²) in [5, 5.41) is 0. The summed E-state index contributed by atoms with van der Waals surface area (Å²) in [5.41, 5.74) is 0. The van der Waals surface area contributed by atoms with E-state index in [2.05, 4.69) is 27.7 Å². The molecule has 0 aliphatic carbocycles. The quantitative estimate of drug-likeness (QED) is 0.477. The third-order valence-corrected chi connectivity index (χ3v) is 1.41. The van der Waals surface area contributed by atoms with Gasteiger partial charge in [0.05, 0.1) is 0 Å². The molecule has 0 atom stereocenters. The van der Waals surface area contributed by atoms with Crippen molar-refractivity contribution >= 4 is 0 Å². The van der Waals surface area contributed by atoms with Crippen LogP contribution in [0.2, 0.25) is 0 Å². The Morgan fingerprint density at radius 2 is 0.444 bits per heavy atom. The standard InChI is InChI=1S/2C5H12.4C2H6/c2*1-3-5-4-2;4*1-2/h2*3-5H2,1-2H3;4*1-2H3. The van der Waals surface area contributed by atoms with Gasteiger partial charge in [0.2, 0.25) is 0 Å². The van der Waals surface area contributed by atoms with E-state index in [4.69, 9.17) is 0 Å². The molecule has 0 bridgehead atoms. The third kappa shape index (κ3) is 225. The fourth-order valence-electron chi connectivity index (χ4n) is 0.707. The fraction of sp³-hybridized carbons (Fsp3) is 1.00. The van der Waals surface area contributed by atoms with Gasteiger partial charge in [-0.3, -0.25) is 0 Å². The van der Waals surface area contributed by atoms with Crippen LogP contribution in [0.1, 0.15) is 122 Å². The minimum absolute atomic E-state index is 1.34. The zero-order chi connectivity index (χ0) is 16.2. The Hall–Kier alpha value is 0. The Labute approximate surface area is 122 Å². The van der Waals surface area contributed by atoms with Crippen LogP contribution < -0.4 is 0 Å². The van der Waals surface area contributed by atoms with Crippen molar-refractivity contribution in [3.05, 3.63) is 0 Å². The summed E-state index contributed by atoms with van der Waals surface area (Å²) in [5.74, 6) is 0. The first-order valence-corrected chi connectivity index (χ1v) is 8.83. The molecule has 0 amide bonds. The average Bonchev–Trinajstić information content (AvgIpc) is 2.50. The van der Waals surface area contributed by atoms with E-state index in [-0.39, 0.29) is 0 Å². The van der Waals surface area contributed by atoms with Gasteiger partial charge >= 0.3 is 0 Å². The Morgan fingerprint density at radius 1 is 0.333 bits per heavy atom. The molecule has 0 nitrogen and oxygen atoms in total. The Kier molecular flexibility index (Phi) is 243. The average molecular weight is 265 g/mol. The minimum Gasteiger partial charge on any atom is -0.0683 e. The summed E-state index contributed by atoms with van der Waals surface area (Å²) in [6.45, 7) is 24.8. The van der Waals surface area contributed by atoms with Gasteiger partial charge in [-0.1, -0.05) is 122 Å². The van der Waals surface area contributed by atoms with E-state index in [0.717, 1.165) is 0 Å². The lowest BCUT2D eigenvalue weighted by Crippen LogP contribution is -1.59. The first-order chi connectivity index (χ1) is 8.83. The molecule has 0 spiro atoms. The van der Waals surface area contributed by atoms with Gasteiger partial charge in [-0.2, -0.15) is 0 Å². The maximum atomic E-state index is 2.21. The smallest absolute Gasteiger partial charge is 0.0538 e. The first-order valence-electron chi connectivity index (χ1n) is 8.83. The van der Waals surface area contributed by atoms with Gasteiger partial charge in [0, 0.05) is 0 Å². The van der Waals surface area contributed by atoms with Gasteiger partial charge < -0.3 is 0 Å².